The number of hydrogen-bond donors (Lipinski definition) is 3. The van der Waals surface area contributed by atoms with E-state index in [1.54, 1.807) is 31.4 Å². The molecule has 0 saturated carbocycles. The Hall–Kier alpha value is -4.39. The summed E-state index contributed by atoms with van der Waals surface area (Å²) in [4.78, 5) is 14.3. The lowest BCUT2D eigenvalue weighted by molar-refractivity contribution is -0.385. The number of aromatic amines is 1. The maximum atomic E-state index is 10.9. The highest BCUT2D eigenvalue weighted by Crippen LogP contribution is 2.28. The van der Waals surface area contributed by atoms with E-state index in [-0.39, 0.29) is 11.4 Å². The number of nitrogens with one attached hydrogen (secondary N) is 2. The molecule has 0 fully saturated rings. The molecule has 0 radical (unpaired) electrons. The van der Waals surface area contributed by atoms with Crippen molar-refractivity contribution in [3.63, 3.8) is 0 Å². The van der Waals surface area contributed by atoms with Gasteiger partial charge in [-0.3, -0.25) is 15.2 Å². The third-order valence-corrected chi connectivity index (χ3v) is 3.75. The molecule has 1 heterocycles. The minimum absolute atomic E-state index is 0.120. The molecule has 3 N–H and O–H groups in total. The number of nitriles is 1. The number of phenols is 1. The first kappa shape index (κ1) is 18.4. The minimum Gasteiger partial charge on any atom is -0.502 e. The number of anilines is 2. The van der Waals surface area contributed by atoms with E-state index in [9.17, 15) is 20.5 Å². The van der Waals surface area contributed by atoms with Gasteiger partial charge in [0.15, 0.2) is 11.6 Å². The molecule has 3 rings (SSSR count). The second kappa shape index (κ2) is 7.88. The van der Waals surface area contributed by atoms with Gasteiger partial charge in [-0.2, -0.15) is 10.4 Å². The molecule has 140 valence electrons. The van der Waals surface area contributed by atoms with E-state index in [0.29, 0.717) is 22.8 Å². The van der Waals surface area contributed by atoms with Crippen LogP contribution in [0.5, 0.6) is 11.5 Å². The Morgan fingerprint density at radius 1 is 1.36 bits per heavy atom. The molecule has 1 aromatic heterocycles. The Labute approximate surface area is 158 Å². The molecule has 10 heteroatoms. The van der Waals surface area contributed by atoms with Crippen molar-refractivity contribution in [3.05, 3.63) is 63.7 Å². The Morgan fingerprint density at radius 3 is 2.75 bits per heavy atom. The second-order valence-electron chi connectivity index (χ2n) is 5.53. The van der Waals surface area contributed by atoms with Crippen LogP contribution in [0.4, 0.5) is 23.0 Å². The normalized spacial score (nSPS) is 10.6. The number of nitrogens with zero attached hydrogens (tertiary/aromatic N) is 4. The molecule has 0 aliphatic heterocycles. The van der Waals surface area contributed by atoms with E-state index in [0.717, 1.165) is 0 Å². The Morgan fingerprint density at radius 2 is 2.11 bits per heavy atom. The summed E-state index contributed by atoms with van der Waals surface area (Å²) in [7, 11) is 1.57. The zero-order valence-corrected chi connectivity index (χ0v) is 14.6. The summed E-state index contributed by atoms with van der Waals surface area (Å²) in [5.74, 6) is 0.736. The van der Waals surface area contributed by atoms with Crippen LogP contribution in [0.25, 0.3) is 0 Å². The van der Waals surface area contributed by atoms with Gasteiger partial charge in [-0.25, -0.2) is 4.99 Å². The quantitative estimate of drug-likeness (QED) is 0.338. The largest absolute Gasteiger partial charge is 0.502 e. The third-order valence-electron chi connectivity index (χ3n) is 3.75. The van der Waals surface area contributed by atoms with Crippen molar-refractivity contribution in [3.8, 4) is 17.6 Å². The lowest BCUT2D eigenvalue weighted by Gasteiger charge is -2.05. The first-order chi connectivity index (χ1) is 13.5. The van der Waals surface area contributed by atoms with Crippen LogP contribution in [-0.4, -0.2) is 33.6 Å². The van der Waals surface area contributed by atoms with Crippen LogP contribution in [0, 0.1) is 21.4 Å². The highest BCUT2D eigenvalue weighted by Gasteiger charge is 2.14. The average molecular weight is 378 g/mol. The highest BCUT2D eigenvalue weighted by atomic mass is 16.6. The van der Waals surface area contributed by atoms with Gasteiger partial charge in [0.05, 0.1) is 12.0 Å². The smallest absolute Gasteiger partial charge is 0.311 e. The number of ether oxygens (including phenoxy) is 1. The Balaban J connectivity index is 1.84. The standard InChI is InChI=1S/C18H14N6O4/c1-28-13-5-3-12(4-6-13)21-18-14(9-19)17(22-23-18)20-10-11-2-7-16(25)15(8-11)24(26)27/h2-8,10,25H,1H3,(H2,21,22,23). The number of phenolic OH excluding ortho intramolecular Hbond substituents is 1. The summed E-state index contributed by atoms with van der Waals surface area (Å²) in [5, 5.41) is 39.5. The van der Waals surface area contributed by atoms with E-state index in [4.69, 9.17) is 4.74 Å². The Kier molecular flexibility index (Phi) is 5.18. The molecule has 3 aromatic rings. The van der Waals surface area contributed by atoms with Gasteiger partial charge >= 0.3 is 5.69 Å². The molecule has 28 heavy (non-hydrogen) atoms. The number of methoxy groups -OCH3 is 1. The van der Waals surface area contributed by atoms with E-state index in [2.05, 4.69) is 20.5 Å². The van der Waals surface area contributed by atoms with Crippen LogP contribution in [0.15, 0.2) is 47.5 Å². The number of aromatic hydroxyl groups is 1. The first-order valence-corrected chi connectivity index (χ1v) is 7.93. The maximum Gasteiger partial charge on any atom is 0.311 e. The van der Waals surface area contributed by atoms with Gasteiger partial charge in [0.25, 0.3) is 0 Å². The molecule has 2 aromatic carbocycles. The topological polar surface area (TPSA) is 149 Å². The summed E-state index contributed by atoms with van der Waals surface area (Å²) in [5.41, 5.74) is 0.834. The van der Waals surface area contributed by atoms with Crippen LogP contribution in [0.1, 0.15) is 11.1 Å². The van der Waals surface area contributed by atoms with Crippen LogP contribution in [-0.2, 0) is 0 Å². The van der Waals surface area contributed by atoms with Gasteiger partial charge in [0, 0.05) is 18.0 Å². The summed E-state index contributed by atoms with van der Waals surface area (Å²) in [6.07, 6.45) is 1.32. The zero-order valence-electron chi connectivity index (χ0n) is 14.6. The lowest BCUT2D eigenvalue weighted by atomic mass is 10.2. The molecule has 0 aliphatic carbocycles. The van der Waals surface area contributed by atoms with Crippen LogP contribution < -0.4 is 10.1 Å². The fourth-order valence-electron chi connectivity index (χ4n) is 2.34. The van der Waals surface area contributed by atoms with Crippen molar-refractivity contribution in [2.75, 3.05) is 12.4 Å². The minimum atomic E-state index is -0.696. The molecule has 0 unspecified atom stereocenters. The number of aromatic nitrogens is 2. The number of hydrogen-bond acceptors (Lipinski definition) is 8. The SMILES string of the molecule is COc1ccc(Nc2[nH]nc(N=Cc3ccc(O)c([N+](=O)[O-])c3)c2C#N)cc1. The molecule has 0 amide bonds. The van der Waals surface area contributed by atoms with E-state index < -0.39 is 16.4 Å². The molecular weight excluding hydrogens is 364 g/mol. The maximum absolute atomic E-state index is 10.9. The number of rotatable bonds is 6. The van der Waals surface area contributed by atoms with Crippen molar-refractivity contribution < 1.29 is 14.8 Å². The summed E-state index contributed by atoms with van der Waals surface area (Å²) < 4.78 is 5.10. The zero-order chi connectivity index (χ0) is 20.1. The summed E-state index contributed by atoms with van der Waals surface area (Å²) in [6, 6.07) is 12.9. The number of nitro benzene ring substituents is 1. The monoisotopic (exact) mass is 378 g/mol. The number of nitro groups is 1. The molecule has 0 bridgehead atoms. The number of H-pyrrole nitrogens is 1. The van der Waals surface area contributed by atoms with Crippen molar-refractivity contribution >= 4 is 29.2 Å². The second-order valence-corrected chi connectivity index (χ2v) is 5.53. The molecule has 10 nitrogen and oxygen atoms in total. The highest BCUT2D eigenvalue weighted by molar-refractivity contribution is 5.84. The van der Waals surface area contributed by atoms with Crippen molar-refractivity contribution in [2.24, 2.45) is 4.99 Å². The lowest BCUT2D eigenvalue weighted by Crippen LogP contribution is -1.93. The predicted molar refractivity (Wildman–Crippen MR) is 102 cm³/mol. The fourth-order valence-corrected chi connectivity index (χ4v) is 2.34. The van der Waals surface area contributed by atoms with Crippen molar-refractivity contribution in [1.29, 1.82) is 5.26 Å². The summed E-state index contributed by atoms with van der Waals surface area (Å²) in [6.45, 7) is 0. The van der Waals surface area contributed by atoms with Gasteiger partial charge in [-0.1, -0.05) is 0 Å². The van der Waals surface area contributed by atoms with E-state index in [1.165, 1.54) is 24.4 Å². The number of aliphatic imine (C=N–C) groups is 1. The van der Waals surface area contributed by atoms with Gasteiger partial charge in [-0.15, -0.1) is 0 Å². The van der Waals surface area contributed by atoms with Gasteiger partial charge < -0.3 is 15.2 Å². The Bertz CT molecular complexity index is 1080. The molecule has 0 atom stereocenters. The summed E-state index contributed by atoms with van der Waals surface area (Å²) >= 11 is 0. The average Bonchev–Trinajstić information content (AvgIpc) is 3.09. The third kappa shape index (κ3) is 3.88. The van der Waals surface area contributed by atoms with Gasteiger partial charge in [-0.05, 0) is 42.0 Å². The predicted octanol–water partition coefficient (Wildman–Crippen LogP) is 3.40. The number of benzene rings is 2. The van der Waals surface area contributed by atoms with Crippen molar-refractivity contribution in [1.82, 2.24) is 10.2 Å². The van der Waals surface area contributed by atoms with Gasteiger partial charge in [0.2, 0.25) is 0 Å². The van der Waals surface area contributed by atoms with E-state index >= 15 is 0 Å². The fraction of sp³-hybridized carbons (Fsp3) is 0.0556. The molecule has 0 saturated heterocycles. The van der Waals surface area contributed by atoms with Gasteiger partial charge in [0.1, 0.15) is 23.2 Å². The van der Waals surface area contributed by atoms with Crippen LogP contribution in [0.3, 0.4) is 0 Å². The van der Waals surface area contributed by atoms with Crippen LogP contribution >= 0.6 is 0 Å². The molecule has 0 spiro atoms. The molecular formula is C18H14N6O4. The first-order valence-electron chi connectivity index (χ1n) is 7.93. The van der Waals surface area contributed by atoms with Crippen LogP contribution in [0.2, 0.25) is 0 Å². The van der Waals surface area contributed by atoms with E-state index in [1.807, 2.05) is 6.07 Å². The van der Waals surface area contributed by atoms with Crippen molar-refractivity contribution in [2.45, 2.75) is 0 Å². The molecule has 0 aliphatic rings.